The van der Waals surface area contributed by atoms with Crippen LogP contribution in [0, 0.1) is 11.6 Å². The van der Waals surface area contributed by atoms with Gasteiger partial charge in [0.05, 0.1) is 17.1 Å². The molecule has 1 saturated heterocycles. The van der Waals surface area contributed by atoms with Crippen molar-refractivity contribution < 1.29 is 23.4 Å². The molecule has 1 saturated carbocycles. The van der Waals surface area contributed by atoms with E-state index in [1.165, 1.54) is 15.7 Å². The Balaban J connectivity index is 1.98. The van der Waals surface area contributed by atoms with Gasteiger partial charge in [0.1, 0.15) is 11.5 Å². The smallest absolute Gasteiger partial charge is 0.449 e. The van der Waals surface area contributed by atoms with E-state index in [0.717, 1.165) is 18.9 Å². The highest BCUT2D eigenvalue weighted by atomic mass is 19.1. The summed E-state index contributed by atoms with van der Waals surface area (Å²) >= 11 is 0. The first-order chi connectivity index (χ1) is 12.3. The minimum atomic E-state index is -1.66. The summed E-state index contributed by atoms with van der Waals surface area (Å²) in [6, 6.07) is 0.451. The van der Waals surface area contributed by atoms with Gasteiger partial charge in [-0.1, -0.05) is 0 Å². The van der Waals surface area contributed by atoms with Crippen molar-refractivity contribution in [3.05, 3.63) is 34.1 Å². The molecular weight excluding hydrogens is 348 g/mol. The van der Waals surface area contributed by atoms with E-state index >= 15 is 4.39 Å². The number of hydrogen-bond donors (Lipinski definition) is 2. The van der Waals surface area contributed by atoms with Gasteiger partial charge in [-0.15, -0.1) is 0 Å². The lowest BCUT2D eigenvalue weighted by atomic mass is 9.97. The molecule has 1 aromatic carbocycles. The number of fused-ring (bicyclic) bond motifs is 1. The molecule has 1 aliphatic carbocycles. The summed E-state index contributed by atoms with van der Waals surface area (Å²) < 4.78 is 35.9. The van der Waals surface area contributed by atoms with Crippen LogP contribution in [0.4, 0.5) is 19.3 Å². The molecule has 2 fully saturated rings. The van der Waals surface area contributed by atoms with Crippen molar-refractivity contribution in [2.45, 2.75) is 37.9 Å². The molecule has 0 bridgehead atoms. The Morgan fingerprint density at radius 2 is 2.08 bits per heavy atom. The maximum Gasteiger partial charge on any atom is 0.511 e. The predicted octanol–water partition coefficient (Wildman–Crippen LogP) is 2.21. The average Bonchev–Trinajstić information content (AvgIpc) is 3.41. The maximum absolute atomic E-state index is 15.3. The molecule has 0 spiro atoms. The highest BCUT2D eigenvalue weighted by Crippen LogP contribution is 2.41. The van der Waals surface area contributed by atoms with E-state index in [0.29, 0.717) is 6.54 Å². The van der Waals surface area contributed by atoms with Gasteiger partial charge in [-0.3, -0.25) is 4.79 Å². The molecule has 2 aliphatic rings. The third-order valence-corrected chi connectivity index (χ3v) is 5.09. The zero-order valence-electron chi connectivity index (χ0n) is 13.9. The molecule has 0 unspecified atom stereocenters. The second-order valence-electron chi connectivity index (χ2n) is 6.80. The van der Waals surface area contributed by atoms with Crippen LogP contribution in [0.1, 0.15) is 25.8 Å². The number of hydrogen-bond acceptors (Lipinski definition) is 5. The number of ether oxygens (including phenoxy) is 1. The normalized spacial score (nSPS) is 22.4. The van der Waals surface area contributed by atoms with Crippen LogP contribution in [0.15, 0.2) is 17.1 Å². The van der Waals surface area contributed by atoms with Crippen LogP contribution >= 0.6 is 0 Å². The number of pyridine rings is 1. The number of carbonyl (C=O) groups is 1. The van der Waals surface area contributed by atoms with E-state index in [2.05, 4.69) is 4.74 Å². The zero-order chi connectivity index (χ0) is 18.7. The first-order valence-electron chi connectivity index (χ1n) is 8.29. The van der Waals surface area contributed by atoms with Crippen molar-refractivity contribution in [3.63, 3.8) is 0 Å². The van der Waals surface area contributed by atoms with Gasteiger partial charge in [0.25, 0.3) is 0 Å². The summed E-state index contributed by atoms with van der Waals surface area (Å²) in [6.45, 7) is 2.09. The molecule has 3 N–H and O–H groups in total. The summed E-state index contributed by atoms with van der Waals surface area (Å²) in [4.78, 5) is 24.8. The molecular formula is C17H17F2N3O4. The predicted molar refractivity (Wildman–Crippen MR) is 89.8 cm³/mol. The van der Waals surface area contributed by atoms with Crippen LogP contribution in [-0.4, -0.2) is 34.5 Å². The number of nitrogens with two attached hydrogens (primary N) is 1. The van der Waals surface area contributed by atoms with Crippen LogP contribution in [0.3, 0.4) is 0 Å². The van der Waals surface area contributed by atoms with E-state index in [9.17, 15) is 14.0 Å². The SMILES string of the molecule is C[C@@H]1[C@@H](N)CN1c1c(F)cc2c(=O)c(OC(=O)O)cn(C3CC3)c2c1F. The van der Waals surface area contributed by atoms with Crippen molar-refractivity contribution >= 4 is 22.7 Å². The van der Waals surface area contributed by atoms with Gasteiger partial charge in [0.2, 0.25) is 5.43 Å². The van der Waals surface area contributed by atoms with E-state index < -0.39 is 29.0 Å². The lowest BCUT2D eigenvalue weighted by Gasteiger charge is -2.46. The van der Waals surface area contributed by atoms with Crippen LogP contribution in [0.25, 0.3) is 10.9 Å². The second-order valence-corrected chi connectivity index (χ2v) is 6.80. The largest absolute Gasteiger partial charge is 0.511 e. The van der Waals surface area contributed by atoms with Crippen molar-refractivity contribution in [2.24, 2.45) is 5.73 Å². The molecule has 26 heavy (non-hydrogen) atoms. The molecule has 0 radical (unpaired) electrons. The fraction of sp³-hybridized carbons (Fsp3) is 0.412. The number of rotatable bonds is 3. The van der Waals surface area contributed by atoms with Gasteiger partial charge in [-0.05, 0) is 25.8 Å². The number of aromatic nitrogens is 1. The summed E-state index contributed by atoms with van der Waals surface area (Å²) in [7, 11) is 0. The monoisotopic (exact) mass is 365 g/mol. The summed E-state index contributed by atoms with van der Waals surface area (Å²) in [6.07, 6.45) is 1.03. The molecule has 2 atom stereocenters. The first kappa shape index (κ1) is 16.8. The quantitative estimate of drug-likeness (QED) is 0.810. The Bertz CT molecular complexity index is 986. The minimum absolute atomic E-state index is 0.0423. The summed E-state index contributed by atoms with van der Waals surface area (Å²) in [5.41, 5.74) is 4.71. The third kappa shape index (κ3) is 2.42. The molecule has 138 valence electrons. The van der Waals surface area contributed by atoms with Crippen molar-refractivity contribution in [3.8, 4) is 5.75 Å². The first-order valence-corrected chi connectivity index (χ1v) is 8.29. The Labute approximate surface area is 146 Å². The van der Waals surface area contributed by atoms with E-state index in [1.807, 2.05) is 0 Å². The van der Waals surface area contributed by atoms with Gasteiger partial charge in [0.15, 0.2) is 11.6 Å². The van der Waals surface area contributed by atoms with Crippen LogP contribution < -0.4 is 20.8 Å². The summed E-state index contributed by atoms with van der Waals surface area (Å²) in [5.74, 6) is -2.20. The highest BCUT2D eigenvalue weighted by molar-refractivity contribution is 5.86. The fourth-order valence-corrected chi connectivity index (χ4v) is 3.41. The van der Waals surface area contributed by atoms with Crippen molar-refractivity contribution in [1.29, 1.82) is 0 Å². The summed E-state index contributed by atoms with van der Waals surface area (Å²) in [5, 5.41) is 8.55. The Kier molecular flexibility index (Phi) is 3.65. The zero-order valence-corrected chi connectivity index (χ0v) is 13.9. The number of carboxylic acid groups (broad SMARTS) is 1. The lowest BCUT2D eigenvalue weighted by Crippen LogP contribution is -2.63. The minimum Gasteiger partial charge on any atom is -0.449 e. The Morgan fingerprint density at radius 1 is 1.38 bits per heavy atom. The van der Waals surface area contributed by atoms with Gasteiger partial charge >= 0.3 is 6.16 Å². The van der Waals surface area contributed by atoms with E-state index in [4.69, 9.17) is 10.8 Å². The van der Waals surface area contributed by atoms with E-state index in [1.54, 1.807) is 6.92 Å². The van der Waals surface area contributed by atoms with Crippen molar-refractivity contribution in [2.75, 3.05) is 11.4 Å². The van der Waals surface area contributed by atoms with E-state index in [-0.39, 0.29) is 34.7 Å². The lowest BCUT2D eigenvalue weighted by molar-refractivity contribution is 0.143. The number of nitrogens with zero attached hydrogens (tertiary/aromatic N) is 2. The van der Waals surface area contributed by atoms with Crippen LogP contribution in [0.5, 0.6) is 5.75 Å². The standard InChI is InChI=1S/C17H17F2N3O4/c1-7-11(20)5-21(7)15-10(18)4-9-14(13(15)19)22(8-2-3-8)6-12(16(9)23)26-17(24)25/h4,6-8,11H,2-3,5,20H2,1H3,(H,24,25)/t7-,11+/m1/s1. The molecule has 1 aromatic heterocycles. The molecule has 9 heteroatoms. The number of halogens is 2. The number of benzene rings is 1. The highest BCUT2D eigenvalue weighted by Gasteiger charge is 2.38. The Morgan fingerprint density at radius 3 is 2.62 bits per heavy atom. The van der Waals surface area contributed by atoms with Gasteiger partial charge < -0.3 is 25.0 Å². The average molecular weight is 365 g/mol. The molecule has 1 aliphatic heterocycles. The molecule has 4 rings (SSSR count). The Hall–Kier alpha value is -2.68. The molecule has 0 amide bonds. The second kappa shape index (κ2) is 5.66. The van der Waals surface area contributed by atoms with Crippen LogP contribution in [0.2, 0.25) is 0 Å². The fourth-order valence-electron chi connectivity index (χ4n) is 3.41. The maximum atomic E-state index is 15.3. The van der Waals surface area contributed by atoms with Gasteiger partial charge in [-0.25, -0.2) is 13.6 Å². The molecule has 7 nitrogen and oxygen atoms in total. The van der Waals surface area contributed by atoms with Gasteiger partial charge in [-0.2, -0.15) is 0 Å². The topological polar surface area (TPSA) is 97.8 Å². The molecule has 2 aromatic rings. The third-order valence-electron chi connectivity index (χ3n) is 5.09. The molecule has 2 heterocycles. The van der Waals surface area contributed by atoms with Crippen molar-refractivity contribution in [1.82, 2.24) is 4.57 Å². The van der Waals surface area contributed by atoms with Gasteiger partial charge in [0, 0.05) is 24.7 Å². The van der Waals surface area contributed by atoms with Crippen LogP contribution in [-0.2, 0) is 0 Å². The number of anilines is 1.